The fourth-order valence-corrected chi connectivity index (χ4v) is 1.84. The first kappa shape index (κ1) is 17.2. The van der Waals surface area contributed by atoms with Crippen LogP contribution < -0.4 is 4.74 Å². The van der Waals surface area contributed by atoms with Crippen molar-refractivity contribution in [3.05, 3.63) is 59.7 Å². The minimum Gasteiger partial charge on any atom is -0.479 e. The SMILES string of the molecule is COC(=O)c1ccc(N=Cc2ccc(O[C@H](C)C(=O)O)cc2)cc1. The zero-order valence-electron chi connectivity index (χ0n) is 13.3. The van der Waals surface area contributed by atoms with Gasteiger partial charge in [0, 0.05) is 6.21 Å². The monoisotopic (exact) mass is 327 g/mol. The summed E-state index contributed by atoms with van der Waals surface area (Å²) in [7, 11) is 1.33. The Morgan fingerprint density at radius 3 is 2.25 bits per heavy atom. The number of nitrogens with zero attached hydrogens (tertiary/aromatic N) is 1. The summed E-state index contributed by atoms with van der Waals surface area (Å²) in [5, 5.41) is 8.80. The number of hydrogen-bond donors (Lipinski definition) is 1. The minimum atomic E-state index is -1.02. The topological polar surface area (TPSA) is 85.2 Å². The Hall–Kier alpha value is -3.15. The van der Waals surface area contributed by atoms with E-state index < -0.39 is 18.0 Å². The quantitative estimate of drug-likeness (QED) is 0.651. The van der Waals surface area contributed by atoms with Gasteiger partial charge in [-0.15, -0.1) is 0 Å². The average Bonchev–Trinajstić information content (AvgIpc) is 2.60. The molecule has 0 spiro atoms. The summed E-state index contributed by atoms with van der Waals surface area (Å²) >= 11 is 0. The van der Waals surface area contributed by atoms with Gasteiger partial charge in [-0.2, -0.15) is 0 Å². The van der Waals surface area contributed by atoms with Crippen LogP contribution in [0.2, 0.25) is 0 Å². The highest BCUT2D eigenvalue weighted by Gasteiger charge is 2.11. The molecular formula is C18H17NO5. The molecule has 0 saturated carbocycles. The largest absolute Gasteiger partial charge is 0.479 e. The van der Waals surface area contributed by atoms with E-state index in [9.17, 15) is 9.59 Å². The summed E-state index contributed by atoms with van der Waals surface area (Å²) in [4.78, 5) is 26.4. The molecule has 0 heterocycles. The predicted octanol–water partition coefficient (Wildman–Crippen LogP) is 3.08. The molecule has 2 rings (SSSR count). The van der Waals surface area contributed by atoms with Crippen LogP contribution in [0.5, 0.6) is 5.75 Å². The van der Waals surface area contributed by atoms with Crippen molar-refractivity contribution < 1.29 is 24.2 Å². The maximum Gasteiger partial charge on any atom is 0.344 e. The smallest absolute Gasteiger partial charge is 0.344 e. The Morgan fingerprint density at radius 1 is 1.08 bits per heavy atom. The van der Waals surface area contributed by atoms with Crippen LogP contribution in [0.15, 0.2) is 53.5 Å². The van der Waals surface area contributed by atoms with Gasteiger partial charge in [0.2, 0.25) is 0 Å². The van der Waals surface area contributed by atoms with Gasteiger partial charge in [-0.1, -0.05) is 0 Å². The second kappa shape index (κ2) is 7.92. The maximum atomic E-state index is 11.3. The molecule has 0 saturated heterocycles. The molecule has 2 aromatic rings. The number of ether oxygens (including phenoxy) is 2. The van der Waals surface area contributed by atoms with Crippen LogP contribution >= 0.6 is 0 Å². The lowest BCUT2D eigenvalue weighted by Gasteiger charge is -2.09. The zero-order valence-corrected chi connectivity index (χ0v) is 13.3. The number of carbonyl (C=O) groups is 2. The number of hydrogen-bond acceptors (Lipinski definition) is 5. The van der Waals surface area contributed by atoms with Gasteiger partial charge >= 0.3 is 11.9 Å². The summed E-state index contributed by atoms with van der Waals surface area (Å²) in [6, 6.07) is 13.6. The number of aliphatic imine (C=N–C) groups is 1. The second-order valence-corrected chi connectivity index (χ2v) is 4.96. The van der Waals surface area contributed by atoms with Crippen LogP contribution in [0.25, 0.3) is 0 Å². The molecule has 0 unspecified atom stereocenters. The van der Waals surface area contributed by atoms with Crippen molar-refractivity contribution >= 4 is 23.8 Å². The first-order valence-electron chi connectivity index (χ1n) is 7.21. The summed E-state index contributed by atoms with van der Waals surface area (Å²) < 4.78 is 9.88. The number of esters is 1. The number of aliphatic carboxylic acids is 1. The molecular weight excluding hydrogens is 310 g/mol. The molecule has 0 aliphatic heterocycles. The van der Waals surface area contributed by atoms with Gasteiger partial charge in [0.1, 0.15) is 5.75 Å². The van der Waals surface area contributed by atoms with Crippen LogP contribution in [-0.4, -0.2) is 36.5 Å². The Morgan fingerprint density at radius 2 is 1.71 bits per heavy atom. The Balaban J connectivity index is 2.01. The van der Waals surface area contributed by atoms with Crippen molar-refractivity contribution in [1.82, 2.24) is 0 Å². The average molecular weight is 327 g/mol. The fraction of sp³-hybridized carbons (Fsp3) is 0.167. The van der Waals surface area contributed by atoms with Gasteiger partial charge in [0.25, 0.3) is 0 Å². The second-order valence-electron chi connectivity index (χ2n) is 4.96. The Labute approximate surface area is 139 Å². The molecule has 24 heavy (non-hydrogen) atoms. The molecule has 2 aromatic carbocycles. The van der Waals surface area contributed by atoms with E-state index in [1.165, 1.54) is 14.0 Å². The number of methoxy groups -OCH3 is 1. The number of carbonyl (C=O) groups excluding carboxylic acids is 1. The highest BCUT2D eigenvalue weighted by atomic mass is 16.5. The third-order valence-corrected chi connectivity index (χ3v) is 3.19. The fourth-order valence-electron chi connectivity index (χ4n) is 1.84. The van der Waals surface area contributed by atoms with E-state index in [4.69, 9.17) is 9.84 Å². The zero-order chi connectivity index (χ0) is 17.5. The normalized spacial score (nSPS) is 11.9. The van der Waals surface area contributed by atoms with Crippen molar-refractivity contribution in [3.63, 3.8) is 0 Å². The van der Waals surface area contributed by atoms with E-state index in [1.807, 2.05) is 0 Å². The van der Waals surface area contributed by atoms with Crippen molar-refractivity contribution in [3.8, 4) is 5.75 Å². The van der Waals surface area contributed by atoms with Crippen molar-refractivity contribution in [2.24, 2.45) is 4.99 Å². The Bertz CT molecular complexity index is 735. The van der Waals surface area contributed by atoms with Crippen LogP contribution in [0.3, 0.4) is 0 Å². The van der Waals surface area contributed by atoms with Crippen molar-refractivity contribution in [1.29, 1.82) is 0 Å². The molecule has 124 valence electrons. The van der Waals surface area contributed by atoms with E-state index in [-0.39, 0.29) is 0 Å². The van der Waals surface area contributed by atoms with Crippen molar-refractivity contribution in [2.45, 2.75) is 13.0 Å². The third kappa shape index (κ3) is 4.67. The molecule has 6 heteroatoms. The molecule has 1 N–H and O–H groups in total. The molecule has 0 aliphatic rings. The summed E-state index contributed by atoms with van der Waals surface area (Å²) in [5.41, 5.74) is 2.00. The molecule has 1 atom stereocenters. The van der Waals surface area contributed by atoms with Gasteiger partial charge in [-0.05, 0) is 61.0 Å². The molecule has 0 amide bonds. The van der Waals surface area contributed by atoms with Crippen LogP contribution in [0, 0.1) is 0 Å². The first-order valence-corrected chi connectivity index (χ1v) is 7.21. The van der Waals surface area contributed by atoms with Gasteiger partial charge < -0.3 is 14.6 Å². The lowest BCUT2D eigenvalue weighted by Crippen LogP contribution is -2.22. The lowest BCUT2D eigenvalue weighted by molar-refractivity contribution is -0.144. The van der Waals surface area contributed by atoms with Crippen molar-refractivity contribution in [2.75, 3.05) is 7.11 Å². The van der Waals surface area contributed by atoms with Gasteiger partial charge in [0.05, 0.1) is 18.4 Å². The van der Waals surface area contributed by atoms with E-state index in [0.717, 1.165) is 5.56 Å². The summed E-state index contributed by atoms with van der Waals surface area (Å²) in [5.74, 6) is -0.933. The predicted molar refractivity (Wildman–Crippen MR) is 89.2 cm³/mol. The number of benzene rings is 2. The van der Waals surface area contributed by atoms with Crippen LogP contribution in [-0.2, 0) is 9.53 Å². The minimum absolute atomic E-state index is 0.392. The summed E-state index contributed by atoms with van der Waals surface area (Å²) in [6.07, 6.45) is 0.759. The molecule has 0 aliphatic carbocycles. The van der Waals surface area contributed by atoms with Gasteiger partial charge in [0.15, 0.2) is 6.10 Å². The maximum absolute atomic E-state index is 11.3. The molecule has 6 nitrogen and oxygen atoms in total. The summed E-state index contributed by atoms with van der Waals surface area (Å²) in [6.45, 7) is 1.47. The standard InChI is InChI=1S/C18H17NO5/c1-12(17(20)21)24-16-9-3-13(4-10-16)11-19-15-7-5-14(6-8-15)18(22)23-2/h3-12H,1-2H3,(H,20,21)/t12-/m1/s1. The highest BCUT2D eigenvalue weighted by Crippen LogP contribution is 2.16. The lowest BCUT2D eigenvalue weighted by atomic mass is 10.2. The van der Waals surface area contributed by atoms with Gasteiger partial charge in [-0.25, -0.2) is 9.59 Å². The van der Waals surface area contributed by atoms with E-state index in [0.29, 0.717) is 17.0 Å². The molecule has 0 aromatic heterocycles. The first-order chi connectivity index (χ1) is 11.5. The van der Waals surface area contributed by atoms with Crippen LogP contribution in [0.1, 0.15) is 22.8 Å². The highest BCUT2D eigenvalue weighted by molar-refractivity contribution is 5.90. The number of carboxylic acids is 1. The number of rotatable bonds is 6. The molecule has 0 radical (unpaired) electrons. The molecule has 0 fully saturated rings. The molecule has 0 bridgehead atoms. The van der Waals surface area contributed by atoms with Crippen LogP contribution in [0.4, 0.5) is 5.69 Å². The number of carboxylic acid groups (broad SMARTS) is 1. The Kier molecular flexibility index (Phi) is 5.68. The van der Waals surface area contributed by atoms with E-state index in [2.05, 4.69) is 9.73 Å². The third-order valence-electron chi connectivity index (χ3n) is 3.19. The van der Waals surface area contributed by atoms with E-state index >= 15 is 0 Å². The van der Waals surface area contributed by atoms with Gasteiger partial charge in [-0.3, -0.25) is 4.99 Å². The van der Waals surface area contributed by atoms with E-state index in [1.54, 1.807) is 54.7 Å².